The number of nitrogens with zero attached hydrogens (tertiary/aromatic N) is 2. The van der Waals surface area contributed by atoms with Gasteiger partial charge in [0.25, 0.3) is 0 Å². The quantitative estimate of drug-likeness (QED) is 0.502. The molecule has 4 heteroatoms. The number of rotatable bonds is 0. The minimum Gasteiger partial charge on any atom is -0.410 e. The van der Waals surface area contributed by atoms with E-state index in [-0.39, 0.29) is 64.1 Å². The van der Waals surface area contributed by atoms with Gasteiger partial charge in [-0.2, -0.15) is 0 Å². The Morgan fingerprint density at radius 3 is 2.56 bits per heavy atom. The second-order valence-corrected chi connectivity index (χ2v) is 1.52. The van der Waals surface area contributed by atoms with Crippen molar-refractivity contribution in [2.75, 3.05) is 0 Å². The summed E-state index contributed by atoms with van der Waals surface area (Å²) in [6.45, 7) is 1.83. The van der Waals surface area contributed by atoms with E-state index in [0.717, 1.165) is 5.69 Å². The van der Waals surface area contributed by atoms with Crippen molar-refractivity contribution in [2.24, 2.45) is 0 Å². The van der Waals surface area contributed by atoms with Gasteiger partial charge in [0.1, 0.15) is 0 Å². The topological polar surface area (TPSA) is 49.6 Å². The molecule has 1 N–H and O–H groups in total. The molecule has 0 spiro atoms. The van der Waals surface area contributed by atoms with Crippen LogP contribution in [-0.2, 0) is 0 Å². The van der Waals surface area contributed by atoms with E-state index in [9.17, 15) is 0 Å². The smallest absolute Gasteiger partial charge is 0.410 e. The molecule has 1 heterocycles. The van der Waals surface area contributed by atoms with Gasteiger partial charge in [0.15, 0.2) is 0 Å². The summed E-state index contributed by atoms with van der Waals surface area (Å²) in [6.07, 6.45) is 1.57. The van der Waals surface area contributed by atoms with Crippen molar-refractivity contribution in [2.45, 2.75) is 6.92 Å². The zero-order valence-electron chi connectivity index (χ0n) is 5.55. The average Bonchev–Trinajstić information content (AvgIpc) is 1.64. The molecular formula is C5H6N3Rb. The van der Waals surface area contributed by atoms with E-state index in [1.165, 1.54) is 0 Å². The van der Waals surface area contributed by atoms with E-state index < -0.39 is 0 Å². The molecule has 0 amide bonds. The van der Waals surface area contributed by atoms with Crippen LogP contribution in [-0.4, -0.2) is 9.97 Å². The zero-order valence-corrected chi connectivity index (χ0v) is 10.5. The van der Waals surface area contributed by atoms with Crippen LogP contribution >= 0.6 is 0 Å². The van der Waals surface area contributed by atoms with Crippen LogP contribution in [0.2, 0.25) is 0 Å². The van der Waals surface area contributed by atoms with Crippen LogP contribution in [0.4, 0.5) is 5.95 Å². The van der Waals surface area contributed by atoms with Gasteiger partial charge in [0.2, 0.25) is 0 Å². The van der Waals surface area contributed by atoms with Gasteiger partial charge in [-0.3, -0.25) is 0 Å². The summed E-state index contributed by atoms with van der Waals surface area (Å²) in [5, 5.41) is 0. The van der Waals surface area contributed by atoms with Gasteiger partial charge in [-0.1, -0.05) is 6.07 Å². The number of aryl methyl sites for hydroxylation is 1. The zero-order chi connectivity index (χ0) is 5.98. The monoisotopic (exact) mass is 193 g/mol. The first-order valence-corrected chi connectivity index (χ1v) is 2.30. The van der Waals surface area contributed by atoms with Crippen molar-refractivity contribution in [1.82, 2.24) is 9.97 Å². The fourth-order valence-corrected chi connectivity index (χ4v) is 0.449. The van der Waals surface area contributed by atoms with Crippen LogP contribution in [0.25, 0.3) is 5.73 Å². The number of nitrogens with one attached hydrogen (secondary N) is 1. The Balaban J connectivity index is 0.000000640. The van der Waals surface area contributed by atoms with Crippen LogP contribution in [0.3, 0.4) is 0 Å². The minimum absolute atomic E-state index is 0. The molecule has 9 heavy (non-hydrogen) atoms. The molecule has 0 aliphatic heterocycles. The number of hydrogen-bond donors (Lipinski definition) is 0. The third kappa shape index (κ3) is 3.40. The van der Waals surface area contributed by atoms with Crippen molar-refractivity contribution >= 4 is 5.95 Å². The van der Waals surface area contributed by atoms with E-state index in [0.29, 0.717) is 0 Å². The predicted molar refractivity (Wildman–Crippen MR) is 30.8 cm³/mol. The first-order valence-electron chi connectivity index (χ1n) is 2.30. The summed E-state index contributed by atoms with van der Waals surface area (Å²) in [7, 11) is 0. The summed E-state index contributed by atoms with van der Waals surface area (Å²) < 4.78 is 0. The van der Waals surface area contributed by atoms with Gasteiger partial charge in [-0.25, -0.2) is 0 Å². The molecule has 0 atom stereocenters. The minimum atomic E-state index is 0. The number of aromatic nitrogens is 2. The Morgan fingerprint density at radius 1 is 1.56 bits per heavy atom. The summed E-state index contributed by atoms with van der Waals surface area (Å²) in [5.41, 5.74) is 7.75. The summed E-state index contributed by atoms with van der Waals surface area (Å²) >= 11 is 0. The molecule has 0 bridgehead atoms. The van der Waals surface area contributed by atoms with Crippen LogP contribution in [0.1, 0.15) is 5.69 Å². The summed E-state index contributed by atoms with van der Waals surface area (Å²) in [6, 6.07) is 1.76. The fourth-order valence-electron chi connectivity index (χ4n) is 0.449. The van der Waals surface area contributed by atoms with Crippen molar-refractivity contribution in [3.63, 3.8) is 0 Å². The molecule has 0 aliphatic carbocycles. The van der Waals surface area contributed by atoms with Crippen molar-refractivity contribution in [3.8, 4) is 0 Å². The van der Waals surface area contributed by atoms with Crippen molar-refractivity contribution < 1.29 is 58.2 Å². The molecular weight excluding hydrogens is 188 g/mol. The Hall–Kier alpha value is 0.685. The molecule has 0 aliphatic rings. The van der Waals surface area contributed by atoms with Crippen molar-refractivity contribution in [3.05, 3.63) is 23.7 Å². The van der Waals surface area contributed by atoms with Gasteiger partial charge < -0.3 is 15.7 Å². The normalized spacial score (nSPS) is 8.11. The van der Waals surface area contributed by atoms with Crippen LogP contribution < -0.4 is 58.2 Å². The van der Waals surface area contributed by atoms with Crippen LogP contribution in [0, 0.1) is 6.92 Å². The predicted octanol–water partition coefficient (Wildman–Crippen LogP) is -1.53. The standard InChI is InChI=1S/C5H6N3.Rb/c1-4-2-3-7-5(6)8-4;/h2-3H,1H3,(H-,6,7,8);/q-1;+1. The molecule has 0 fully saturated rings. The summed E-state index contributed by atoms with van der Waals surface area (Å²) in [4.78, 5) is 7.32. The third-order valence-corrected chi connectivity index (χ3v) is 0.795. The molecule has 42 valence electrons. The van der Waals surface area contributed by atoms with E-state index in [1.807, 2.05) is 6.92 Å². The van der Waals surface area contributed by atoms with Gasteiger partial charge >= 0.3 is 58.2 Å². The van der Waals surface area contributed by atoms with Crippen LogP contribution in [0.5, 0.6) is 0 Å². The summed E-state index contributed by atoms with van der Waals surface area (Å²) in [5.74, 6) is 0.0880. The third-order valence-electron chi connectivity index (χ3n) is 0.795. The SMILES string of the molecule is Cc1ccnc([NH-])n1.[Rb+]. The molecule has 3 nitrogen and oxygen atoms in total. The Labute approximate surface area is 103 Å². The second kappa shape index (κ2) is 4.49. The Kier molecular flexibility index (Phi) is 4.83. The van der Waals surface area contributed by atoms with Gasteiger partial charge in [-0.05, 0) is 18.8 Å². The van der Waals surface area contributed by atoms with Crippen LogP contribution in [0.15, 0.2) is 12.3 Å². The Bertz CT molecular complexity index is 172. The maximum atomic E-state index is 6.91. The van der Waals surface area contributed by atoms with E-state index in [4.69, 9.17) is 5.73 Å². The average molecular weight is 194 g/mol. The molecule has 1 aromatic rings. The first kappa shape index (κ1) is 9.69. The van der Waals surface area contributed by atoms with Gasteiger partial charge in [0, 0.05) is 5.95 Å². The molecule has 0 saturated carbocycles. The van der Waals surface area contributed by atoms with Gasteiger partial charge in [0.05, 0.1) is 0 Å². The first-order chi connectivity index (χ1) is 3.79. The maximum absolute atomic E-state index is 6.91. The van der Waals surface area contributed by atoms with E-state index in [1.54, 1.807) is 12.3 Å². The van der Waals surface area contributed by atoms with Crippen molar-refractivity contribution in [1.29, 1.82) is 0 Å². The largest absolute Gasteiger partial charge is 1.00 e. The molecule has 1 rings (SSSR count). The molecule has 0 aromatic carbocycles. The van der Waals surface area contributed by atoms with E-state index in [2.05, 4.69) is 9.97 Å². The fraction of sp³-hybridized carbons (Fsp3) is 0.200. The Morgan fingerprint density at radius 2 is 2.22 bits per heavy atom. The molecule has 0 unspecified atom stereocenters. The molecule has 0 radical (unpaired) electrons. The maximum Gasteiger partial charge on any atom is 1.00 e. The van der Waals surface area contributed by atoms with E-state index >= 15 is 0 Å². The second-order valence-electron chi connectivity index (χ2n) is 1.52. The molecule has 1 aromatic heterocycles. The van der Waals surface area contributed by atoms with Gasteiger partial charge in [-0.15, -0.1) is 0 Å². The number of hydrogen-bond acceptors (Lipinski definition) is 2. The molecule has 0 saturated heterocycles.